The van der Waals surface area contributed by atoms with E-state index in [0.29, 0.717) is 11.5 Å². The van der Waals surface area contributed by atoms with Crippen molar-refractivity contribution in [3.05, 3.63) is 29.3 Å². The summed E-state index contributed by atoms with van der Waals surface area (Å²) < 4.78 is 14.1. The summed E-state index contributed by atoms with van der Waals surface area (Å²) in [5.41, 5.74) is 1.42. The van der Waals surface area contributed by atoms with Crippen LogP contribution in [0.2, 0.25) is 0 Å². The van der Waals surface area contributed by atoms with Crippen molar-refractivity contribution in [2.75, 3.05) is 18.0 Å². The molecule has 0 saturated heterocycles. The third-order valence-corrected chi connectivity index (χ3v) is 4.99. The second-order valence-corrected chi connectivity index (χ2v) is 7.35. The molecule has 2 aromatic rings. The van der Waals surface area contributed by atoms with Gasteiger partial charge < -0.3 is 4.90 Å². The smallest absolute Gasteiger partial charge is 0.140 e. The van der Waals surface area contributed by atoms with Gasteiger partial charge in [0.05, 0.1) is 5.52 Å². The highest BCUT2D eigenvalue weighted by Gasteiger charge is 2.28. The number of benzene rings is 1. The number of halogens is 1. The molecular formula is C21H30FN3. The fraction of sp³-hybridized carbons (Fsp3) is 0.619. The zero-order valence-electron chi connectivity index (χ0n) is 15.8. The first-order chi connectivity index (χ1) is 12.1. The highest BCUT2D eigenvalue weighted by Crippen LogP contribution is 2.40. The van der Waals surface area contributed by atoms with Crippen molar-refractivity contribution in [2.45, 2.75) is 71.6 Å². The first kappa shape index (κ1) is 18.1. The van der Waals surface area contributed by atoms with Crippen molar-refractivity contribution in [2.24, 2.45) is 0 Å². The fourth-order valence-electron chi connectivity index (χ4n) is 3.35. The molecule has 1 fully saturated rings. The molecule has 0 N–H and O–H groups in total. The van der Waals surface area contributed by atoms with Crippen LogP contribution in [-0.4, -0.2) is 23.1 Å². The van der Waals surface area contributed by atoms with Crippen LogP contribution in [0.3, 0.4) is 0 Å². The van der Waals surface area contributed by atoms with Gasteiger partial charge in [0.15, 0.2) is 0 Å². The largest absolute Gasteiger partial charge is 0.356 e. The summed E-state index contributed by atoms with van der Waals surface area (Å²) in [6.45, 7) is 8.26. The van der Waals surface area contributed by atoms with E-state index in [1.165, 1.54) is 25.7 Å². The van der Waals surface area contributed by atoms with Crippen LogP contribution in [0, 0.1) is 12.7 Å². The fourth-order valence-corrected chi connectivity index (χ4v) is 3.35. The van der Waals surface area contributed by atoms with Crippen LogP contribution in [0.1, 0.15) is 76.1 Å². The minimum Gasteiger partial charge on any atom is -0.356 e. The van der Waals surface area contributed by atoms with Gasteiger partial charge in [0.1, 0.15) is 17.5 Å². The van der Waals surface area contributed by atoms with Crippen LogP contribution in [0.5, 0.6) is 0 Å². The van der Waals surface area contributed by atoms with Crippen molar-refractivity contribution in [3.8, 4) is 0 Å². The molecule has 0 aliphatic heterocycles. The Labute approximate surface area is 150 Å². The maximum Gasteiger partial charge on any atom is 0.140 e. The molecule has 0 atom stereocenters. The van der Waals surface area contributed by atoms with E-state index in [0.717, 1.165) is 54.9 Å². The van der Waals surface area contributed by atoms with E-state index >= 15 is 0 Å². The van der Waals surface area contributed by atoms with E-state index in [1.54, 1.807) is 6.07 Å². The maximum absolute atomic E-state index is 14.1. The van der Waals surface area contributed by atoms with Gasteiger partial charge in [0.25, 0.3) is 0 Å². The molecule has 1 aliphatic carbocycles. The van der Waals surface area contributed by atoms with Gasteiger partial charge in [-0.25, -0.2) is 14.4 Å². The summed E-state index contributed by atoms with van der Waals surface area (Å²) >= 11 is 0. The quantitative estimate of drug-likeness (QED) is 0.543. The van der Waals surface area contributed by atoms with E-state index in [2.05, 4.69) is 23.7 Å². The second kappa shape index (κ2) is 8.11. The minimum atomic E-state index is -0.177. The van der Waals surface area contributed by atoms with Crippen molar-refractivity contribution in [3.63, 3.8) is 0 Å². The summed E-state index contributed by atoms with van der Waals surface area (Å²) in [6.07, 6.45) is 8.35. The van der Waals surface area contributed by atoms with Gasteiger partial charge in [-0.05, 0) is 44.2 Å². The van der Waals surface area contributed by atoms with Crippen molar-refractivity contribution in [1.29, 1.82) is 0 Å². The number of fused-ring (bicyclic) bond motifs is 1. The topological polar surface area (TPSA) is 29.0 Å². The van der Waals surface area contributed by atoms with Gasteiger partial charge in [0.2, 0.25) is 0 Å². The Hall–Kier alpha value is -1.71. The minimum absolute atomic E-state index is 0.177. The first-order valence-corrected chi connectivity index (χ1v) is 9.86. The lowest BCUT2D eigenvalue weighted by Crippen LogP contribution is -2.27. The van der Waals surface area contributed by atoms with E-state index in [4.69, 9.17) is 4.98 Å². The molecule has 4 heteroatoms. The van der Waals surface area contributed by atoms with Gasteiger partial charge in [-0.2, -0.15) is 0 Å². The lowest BCUT2D eigenvalue weighted by Gasteiger charge is -2.25. The predicted octanol–water partition coefficient (Wildman–Crippen LogP) is 5.75. The highest BCUT2D eigenvalue weighted by molar-refractivity contribution is 5.90. The van der Waals surface area contributed by atoms with E-state index in [-0.39, 0.29) is 5.82 Å². The van der Waals surface area contributed by atoms with Gasteiger partial charge in [-0.1, -0.05) is 33.1 Å². The number of aromatic nitrogens is 2. The second-order valence-electron chi connectivity index (χ2n) is 7.35. The van der Waals surface area contributed by atoms with Crippen LogP contribution in [0.25, 0.3) is 10.9 Å². The van der Waals surface area contributed by atoms with Crippen molar-refractivity contribution < 1.29 is 4.39 Å². The zero-order valence-corrected chi connectivity index (χ0v) is 15.8. The van der Waals surface area contributed by atoms with E-state index in [1.807, 2.05) is 13.0 Å². The number of nitrogens with zero attached hydrogens (tertiary/aromatic N) is 3. The molecule has 1 saturated carbocycles. The number of hydrogen-bond acceptors (Lipinski definition) is 3. The highest BCUT2D eigenvalue weighted by atomic mass is 19.1. The van der Waals surface area contributed by atoms with Crippen LogP contribution in [-0.2, 0) is 0 Å². The SMILES string of the molecule is CCCCCCN(CCC)c1nc(C2CC2)nc2cc(F)c(C)cc12. The number of rotatable bonds is 9. The molecule has 1 aliphatic rings. The maximum atomic E-state index is 14.1. The van der Waals surface area contributed by atoms with Crippen LogP contribution >= 0.6 is 0 Å². The van der Waals surface area contributed by atoms with Crippen LogP contribution < -0.4 is 4.90 Å². The Balaban J connectivity index is 1.99. The standard InChI is InChI=1S/C21H30FN3/c1-4-6-7-8-12-25(11-5-2)21-17-13-15(3)18(22)14-19(17)23-20(24-21)16-9-10-16/h13-14,16H,4-12H2,1-3H3. The Kier molecular flexibility index (Phi) is 5.87. The van der Waals surface area contributed by atoms with Crippen LogP contribution in [0.15, 0.2) is 12.1 Å². The normalized spacial score (nSPS) is 14.2. The lowest BCUT2D eigenvalue weighted by molar-refractivity contribution is 0.619. The van der Waals surface area contributed by atoms with Gasteiger partial charge in [0, 0.05) is 30.5 Å². The lowest BCUT2D eigenvalue weighted by atomic mass is 10.1. The molecular weight excluding hydrogens is 313 g/mol. The average molecular weight is 343 g/mol. The Bertz CT molecular complexity index is 725. The van der Waals surface area contributed by atoms with E-state index in [9.17, 15) is 4.39 Å². The first-order valence-electron chi connectivity index (χ1n) is 9.86. The third-order valence-electron chi connectivity index (χ3n) is 4.99. The average Bonchev–Trinajstić information content (AvgIpc) is 3.43. The molecule has 1 heterocycles. The molecule has 136 valence electrons. The molecule has 0 spiro atoms. The third kappa shape index (κ3) is 4.28. The van der Waals surface area contributed by atoms with E-state index < -0.39 is 0 Å². The summed E-state index contributed by atoms with van der Waals surface area (Å²) in [5.74, 6) is 2.20. The predicted molar refractivity (Wildman–Crippen MR) is 103 cm³/mol. The summed E-state index contributed by atoms with van der Waals surface area (Å²) in [4.78, 5) is 12.0. The van der Waals surface area contributed by atoms with Crippen molar-refractivity contribution >= 4 is 16.7 Å². The summed E-state index contributed by atoms with van der Waals surface area (Å²) in [5, 5.41) is 0.993. The van der Waals surface area contributed by atoms with Crippen LogP contribution in [0.4, 0.5) is 10.2 Å². The molecule has 3 rings (SSSR count). The molecule has 0 radical (unpaired) electrons. The summed E-state index contributed by atoms with van der Waals surface area (Å²) in [6, 6.07) is 3.51. The molecule has 3 nitrogen and oxygen atoms in total. The summed E-state index contributed by atoms with van der Waals surface area (Å²) in [7, 11) is 0. The molecule has 0 amide bonds. The molecule has 1 aromatic heterocycles. The van der Waals surface area contributed by atoms with Gasteiger partial charge in [-0.15, -0.1) is 0 Å². The molecule has 0 unspecified atom stereocenters. The zero-order chi connectivity index (χ0) is 17.8. The number of unbranched alkanes of at least 4 members (excludes halogenated alkanes) is 3. The Morgan fingerprint density at radius 3 is 2.52 bits per heavy atom. The van der Waals surface area contributed by atoms with Gasteiger partial charge in [-0.3, -0.25) is 0 Å². The number of aryl methyl sites for hydroxylation is 1. The monoisotopic (exact) mass is 343 g/mol. The Morgan fingerprint density at radius 1 is 1.04 bits per heavy atom. The van der Waals surface area contributed by atoms with Crippen molar-refractivity contribution in [1.82, 2.24) is 9.97 Å². The molecule has 25 heavy (non-hydrogen) atoms. The molecule has 0 bridgehead atoms. The van der Waals surface area contributed by atoms with Gasteiger partial charge >= 0.3 is 0 Å². The Morgan fingerprint density at radius 2 is 1.84 bits per heavy atom. The number of anilines is 1. The molecule has 1 aromatic carbocycles. The number of hydrogen-bond donors (Lipinski definition) is 0.